The van der Waals surface area contributed by atoms with Gasteiger partial charge in [-0.05, 0) is 71.6 Å². The van der Waals surface area contributed by atoms with Crippen LogP contribution in [0.25, 0.3) is 6.08 Å². The van der Waals surface area contributed by atoms with Gasteiger partial charge in [-0.25, -0.2) is 4.39 Å². The van der Waals surface area contributed by atoms with Crippen LogP contribution in [0.2, 0.25) is 0 Å². The van der Waals surface area contributed by atoms with Crippen LogP contribution in [0.15, 0.2) is 47.4 Å². The molecule has 4 rings (SSSR count). The average Bonchev–Trinajstić information content (AvgIpc) is 2.91. The van der Waals surface area contributed by atoms with E-state index in [1.807, 2.05) is 18.2 Å². The van der Waals surface area contributed by atoms with Crippen LogP contribution in [0.4, 0.5) is 9.18 Å². The Morgan fingerprint density at radius 2 is 1.96 bits per heavy atom. The molecule has 2 amide bonds. The molecule has 0 bridgehead atoms. The molecule has 0 N–H and O–H groups in total. The van der Waals surface area contributed by atoms with Crippen molar-refractivity contribution in [2.75, 3.05) is 6.61 Å². The van der Waals surface area contributed by atoms with Gasteiger partial charge < -0.3 is 4.74 Å². The van der Waals surface area contributed by atoms with E-state index >= 15 is 0 Å². The van der Waals surface area contributed by atoms with Crippen molar-refractivity contribution < 1.29 is 18.7 Å². The Kier molecular flexibility index (Phi) is 4.51. The van der Waals surface area contributed by atoms with Gasteiger partial charge in [0.15, 0.2) is 0 Å². The van der Waals surface area contributed by atoms with Crippen molar-refractivity contribution in [3.05, 3.63) is 69.9 Å². The number of thioether (sulfide) groups is 1. The van der Waals surface area contributed by atoms with Gasteiger partial charge in [0.05, 0.1) is 18.1 Å². The summed E-state index contributed by atoms with van der Waals surface area (Å²) in [6, 6.07) is 11.6. The first-order chi connectivity index (χ1) is 12.6. The second-order valence-corrected chi connectivity index (χ2v) is 7.21. The molecule has 0 aromatic heterocycles. The van der Waals surface area contributed by atoms with E-state index < -0.39 is 0 Å². The number of benzene rings is 2. The van der Waals surface area contributed by atoms with Crippen LogP contribution >= 0.6 is 11.8 Å². The first-order valence-electron chi connectivity index (χ1n) is 8.36. The largest absolute Gasteiger partial charge is 0.493 e. The normalized spacial score (nSPS) is 18.2. The molecule has 0 spiro atoms. The smallest absolute Gasteiger partial charge is 0.293 e. The molecule has 0 atom stereocenters. The van der Waals surface area contributed by atoms with Gasteiger partial charge in [-0.15, -0.1) is 0 Å². The fraction of sp³-hybridized carbons (Fsp3) is 0.200. The number of fused-ring (bicyclic) bond motifs is 1. The van der Waals surface area contributed by atoms with Crippen molar-refractivity contribution in [1.29, 1.82) is 0 Å². The van der Waals surface area contributed by atoms with Crippen LogP contribution in [0.3, 0.4) is 0 Å². The number of rotatable bonds is 3. The van der Waals surface area contributed by atoms with E-state index in [0.717, 1.165) is 48.1 Å². The summed E-state index contributed by atoms with van der Waals surface area (Å²) in [5.41, 5.74) is 2.71. The number of halogens is 1. The fourth-order valence-corrected chi connectivity index (χ4v) is 3.87. The third kappa shape index (κ3) is 3.37. The first kappa shape index (κ1) is 16.8. The monoisotopic (exact) mass is 369 g/mol. The van der Waals surface area contributed by atoms with Crippen LogP contribution < -0.4 is 4.74 Å². The SMILES string of the molecule is O=C1SC(=Cc2ccc3c(c2)CCCO3)C(=O)N1Cc1ccc(F)cc1. The lowest BCUT2D eigenvalue weighted by atomic mass is 10.0. The molecule has 2 aromatic rings. The summed E-state index contributed by atoms with van der Waals surface area (Å²) in [4.78, 5) is 26.4. The van der Waals surface area contributed by atoms with Crippen LogP contribution in [0.5, 0.6) is 5.75 Å². The van der Waals surface area contributed by atoms with Crippen molar-refractivity contribution in [3.63, 3.8) is 0 Å². The van der Waals surface area contributed by atoms with Gasteiger partial charge >= 0.3 is 0 Å². The zero-order valence-electron chi connectivity index (χ0n) is 13.9. The average molecular weight is 369 g/mol. The van der Waals surface area contributed by atoms with Crippen LogP contribution in [0, 0.1) is 5.82 Å². The lowest BCUT2D eigenvalue weighted by molar-refractivity contribution is -0.123. The molecule has 26 heavy (non-hydrogen) atoms. The van der Waals surface area contributed by atoms with Gasteiger partial charge in [-0.3, -0.25) is 14.5 Å². The van der Waals surface area contributed by atoms with E-state index in [9.17, 15) is 14.0 Å². The molecule has 0 saturated carbocycles. The minimum atomic E-state index is -0.348. The Labute approximate surface area is 154 Å². The quantitative estimate of drug-likeness (QED) is 0.753. The van der Waals surface area contributed by atoms with E-state index in [0.29, 0.717) is 10.5 Å². The molecular weight excluding hydrogens is 353 g/mol. The molecule has 2 heterocycles. The molecule has 6 heteroatoms. The molecule has 0 radical (unpaired) electrons. The first-order valence-corrected chi connectivity index (χ1v) is 9.17. The zero-order valence-corrected chi connectivity index (χ0v) is 14.7. The zero-order chi connectivity index (χ0) is 18.1. The molecule has 2 aromatic carbocycles. The highest BCUT2D eigenvalue weighted by Crippen LogP contribution is 2.34. The van der Waals surface area contributed by atoms with Crippen molar-refractivity contribution >= 4 is 29.0 Å². The summed E-state index contributed by atoms with van der Waals surface area (Å²) < 4.78 is 18.6. The second kappa shape index (κ2) is 6.96. The Bertz CT molecular complexity index is 908. The van der Waals surface area contributed by atoms with Gasteiger partial charge in [0.25, 0.3) is 11.1 Å². The second-order valence-electron chi connectivity index (χ2n) is 6.21. The summed E-state index contributed by atoms with van der Waals surface area (Å²) in [6.45, 7) is 0.870. The maximum atomic E-state index is 13.0. The molecule has 4 nitrogen and oxygen atoms in total. The van der Waals surface area contributed by atoms with Crippen molar-refractivity contribution in [3.8, 4) is 5.75 Å². The number of carbonyl (C=O) groups is 2. The molecule has 0 unspecified atom stereocenters. The van der Waals surface area contributed by atoms with Crippen molar-refractivity contribution in [2.45, 2.75) is 19.4 Å². The Morgan fingerprint density at radius 1 is 1.15 bits per heavy atom. The van der Waals surface area contributed by atoms with Gasteiger partial charge in [-0.2, -0.15) is 0 Å². The fourth-order valence-electron chi connectivity index (χ4n) is 3.03. The summed E-state index contributed by atoms with van der Waals surface area (Å²) in [5, 5.41) is -0.313. The number of nitrogens with zero attached hydrogens (tertiary/aromatic N) is 1. The summed E-state index contributed by atoms with van der Waals surface area (Å²) in [7, 11) is 0. The number of aryl methyl sites for hydroxylation is 1. The molecule has 132 valence electrons. The number of carbonyl (C=O) groups excluding carboxylic acids is 2. The number of ether oxygens (including phenoxy) is 1. The predicted molar refractivity (Wildman–Crippen MR) is 98.2 cm³/mol. The van der Waals surface area contributed by atoms with Gasteiger partial charge in [-0.1, -0.05) is 18.2 Å². The van der Waals surface area contributed by atoms with E-state index in [2.05, 4.69) is 0 Å². The predicted octanol–water partition coefficient (Wildman–Crippen LogP) is 4.39. The summed E-state index contributed by atoms with van der Waals surface area (Å²) in [6.07, 6.45) is 3.66. The topological polar surface area (TPSA) is 46.6 Å². The third-order valence-electron chi connectivity index (χ3n) is 4.36. The third-order valence-corrected chi connectivity index (χ3v) is 5.27. The van der Waals surface area contributed by atoms with Crippen molar-refractivity contribution in [1.82, 2.24) is 4.90 Å². The van der Waals surface area contributed by atoms with Gasteiger partial charge in [0.1, 0.15) is 11.6 Å². The van der Waals surface area contributed by atoms with Crippen LogP contribution in [-0.2, 0) is 17.8 Å². The van der Waals surface area contributed by atoms with E-state index in [4.69, 9.17) is 4.74 Å². The van der Waals surface area contributed by atoms with E-state index in [1.165, 1.54) is 17.0 Å². The maximum Gasteiger partial charge on any atom is 0.293 e. The van der Waals surface area contributed by atoms with E-state index in [1.54, 1.807) is 18.2 Å². The van der Waals surface area contributed by atoms with Crippen LogP contribution in [-0.4, -0.2) is 22.7 Å². The molecule has 1 saturated heterocycles. The standard InChI is InChI=1S/C20H16FNO3S/c21-16-6-3-13(4-7-16)12-22-19(23)18(26-20(22)24)11-14-5-8-17-15(10-14)2-1-9-25-17/h3-8,10-11H,1-2,9,12H2. The van der Waals surface area contributed by atoms with Gasteiger partial charge in [0.2, 0.25) is 0 Å². The Balaban J connectivity index is 1.54. The minimum absolute atomic E-state index is 0.139. The summed E-state index contributed by atoms with van der Waals surface area (Å²) >= 11 is 0.930. The highest BCUT2D eigenvalue weighted by atomic mass is 32.2. The molecule has 1 fully saturated rings. The number of amides is 2. The number of imide groups is 1. The summed E-state index contributed by atoms with van der Waals surface area (Å²) in [5.74, 6) is 0.218. The Morgan fingerprint density at radius 3 is 2.77 bits per heavy atom. The van der Waals surface area contributed by atoms with Crippen molar-refractivity contribution in [2.24, 2.45) is 0 Å². The number of hydrogen-bond donors (Lipinski definition) is 0. The van der Waals surface area contributed by atoms with Gasteiger partial charge in [0, 0.05) is 0 Å². The highest BCUT2D eigenvalue weighted by molar-refractivity contribution is 8.18. The molecule has 2 aliphatic rings. The number of hydrogen-bond acceptors (Lipinski definition) is 4. The minimum Gasteiger partial charge on any atom is -0.493 e. The lowest BCUT2D eigenvalue weighted by Crippen LogP contribution is -2.27. The molecule has 2 aliphatic heterocycles. The van der Waals surface area contributed by atoms with Crippen LogP contribution in [0.1, 0.15) is 23.1 Å². The maximum absolute atomic E-state index is 13.0. The lowest BCUT2D eigenvalue weighted by Gasteiger charge is -2.17. The highest BCUT2D eigenvalue weighted by Gasteiger charge is 2.35. The van der Waals surface area contributed by atoms with E-state index in [-0.39, 0.29) is 23.5 Å². The molecular formula is C20H16FNO3S. The Hall–Kier alpha value is -2.60. The molecule has 0 aliphatic carbocycles.